The van der Waals surface area contributed by atoms with Crippen LogP contribution >= 0.6 is 23.6 Å². The van der Waals surface area contributed by atoms with Crippen molar-refractivity contribution in [3.8, 4) is 10.7 Å². The molecule has 2 aromatic rings. The zero-order chi connectivity index (χ0) is 15.7. The maximum Gasteiger partial charge on any atom is 0.242 e. The fraction of sp³-hybridized carbons (Fsp3) is 0.533. The summed E-state index contributed by atoms with van der Waals surface area (Å²) in [4.78, 5) is 15.6. The van der Waals surface area contributed by atoms with Crippen molar-refractivity contribution < 1.29 is 4.79 Å². The molecule has 0 unspecified atom stereocenters. The van der Waals surface area contributed by atoms with E-state index >= 15 is 0 Å². The highest BCUT2D eigenvalue weighted by Gasteiger charge is 2.26. The first kappa shape index (κ1) is 15.4. The maximum absolute atomic E-state index is 12.7. The molecule has 1 amide bonds. The van der Waals surface area contributed by atoms with Crippen LogP contribution in [0.1, 0.15) is 20.3 Å². The second-order valence-corrected chi connectivity index (χ2v) is 7.49. The monoisotopic (exact) mass is 336 g/mol. The Morgan fingerprint density at radius 3 is 2.82 bits per heavy atom. The molecule has 2 aromatic heterocycles. The SMILES string of the molecule is C[C@@H]1C[C@H](C)CN(C(=O)Cn2c(-c3cccs3)n[nH]c2=S)C1. The van der Waals surface area contributed by atoms with E-state index in [0.29, 0.717) is 16.6 Å². The fourth-order valence-corrected chi connectivity index (χ4v) is 4.08. The number of H-pyrrole nitrogens is 1. The van der Waals surface area contributed by atoms with Gasteiger partial charge in [0.2, 0.25) is 5.91 Å². The van der Waals surface area contributed by atoms with Gasteiger partial charge in [-0.25, -0.2) is 0 Å². The van der Waals surface area contributed by atoms with E-state index in [0.717, 1.165) is 23.8 Å². The molecule has 0 radical (unpaired) electrons. The minimum Gasteiger partial charge on any atom is -0.341 e. The Labute approximate surface area is 139 Å². The van der Waals surface area contributed by atoms with Crippen LogP contribution in [0.25, 0.3) is 10.7 Å². The number of nitrogens with zero attached hydrogens (tertiary/aromatic N) is 3. The van der Waals surface area contributed by atoms with Crippen molar-refractivity contribution in [2.24, 2.45) is 11.8 Å². The summed E-state index contributed by atoms with van der Waals surface area (Å²) >= 11 is 6.88. The number of amides is 1. The Balaban J connectivity index is 1.80. The minimum atomic E-state index is 0.119. The molecule has 0 bridgehead atoms. The summed E-state index contributed by atoms with van der Waals surface area (Å²) < 4.78 is 2.29. The van der Waals surface area contributed by atoms with Crippen LogP contribution in [-0.2, 0) is 11.3 Å². The van der Waals surface area contributed by atoms with Gasteiger partial charge in [0.25, 0.3) is 0 Å². The van der Waals surface area contributed by atoms with Crippen LogP contribution in [0.4, 0.5) is 0 Å². The molecule has 1 N–H and O–H groups in total. The van der Waals surface area contributed by atoms with Gasteiger partial charge in [-0.3, -0.25) is 14.5 Å². The normalized spacial score (nSPS) is 22.0. The van der Waals surface area contributed by atoms with Crippen molar-refractivity contribution >= 4 is 29.5 Å². The Morgan fingerprint density at radius 1 is 1.45 bits per heavy atom. The van der Waals surface area contributed by atoms with Crippen molar-refractivity contribution in [1.82, 2.24) is 19.7 Å². The highest BCUT2D eigenvalue weighted by molar-refractivity contribution is 7.71. The molecule has 7 heteroatoms. The van der Waals surface area contributed by atoms with E-state index in [9.17, 15) is 4.79 Å². The number of aromatic amines is 1. The van der Waals surface area contributed by atoms with Crippen LogP contribution in [0.5, 0.6) is 0 Å². The van der Waals surface area contributed by atoms with Gasteiger partial charge in [0.1, 0.15) is 6.54 Å². The fourth-order valence-electron chi connectivity index (χ4n) is 3.16. The summed E-state index contributed by atoms with van der Waals surface area (Å²) in [6.45, 7) is 6.33. The molecule has 2 atom stereocenters. The molecule has 0 saturated carbocycles. The molecule has 3 heterocycles. The summed E-state index contributed by atoms with van der Waals surface area (Å²) in [7, 11) is 0. The van der Waals surface area contributed by atoms with Gasteiger partial charge in [-0.2, -0.15) is 5.10 Å². The first-order chi connectivity index (χ1) is 10.5. The average molecular weight is 336 g/mol. The van der Waals surface area contributed by atoms with E-state index in [1.807, 2.05) is 22.4 Å². The smallest absolute Gasteiger partial charge is 0.242 e. The molecule has 1 aliphatic rings. The number of hydrogen-bond acceptors (Lipinski definition) is 4. The first-order valence-corrected chi connectivity index (χ1v) is 8.80. The third-order valence-corrected chi connectivity index (χ3v) is 5.19. The van der Waals surface area contributed by atoms with Gasteiger partial charge in [0.05, 0.1) is 4.88 Å². The molecular formula is C15H20N4OS2. The molecule has 1 fully saturated rings. The quantitative estimate of drug-likeness (QED) is 0.876. The molecule has 1 saturated heterocycles. The van der Waals surface area contributed by atoms with E-state index in [2.05, 4.69) is 24.0 Å². The van der Waals surface area contributed by atoms with Gasteiger partial charge in [-0.05, 0) is 41.9 Å². The molecule has 0 spiro atoms. The van der Waals surface area contributed by atoms with E-state index in [1.165, 1.54) is 6.42 Å². The topological polar surface area (TPSA) is 53.9 Å². The molecular weight excluding hydrogens is 316 g/mol. The third kappa shape index (κ3) is 3.15. The molecule has 3 rings (SSSR count). The standard InChI is InChI=1S/C15H20N4OS2/c1-10-6-11(2)8-18(7-10)13(20)9-19-14(16-17-15(19)21)12-4-3-5-22-12/h3-5,10-11H,6-9H2,1-2H3,(H,17,21)/t10-,11+. The van der Waals surface area contributed by atoms with Crippen molar-refractivity contribution in [2.75, 3.05) is 13.1 Å². The Bertz CT molecular complexity index is 693. The van der Waals surface area contributed by atoms with Crippen molar-refractivity contribution in [3.05, 3.63) is 22.3 Å². The summed E-state index contributed by atoms with van der Waals surface area (Å²) in [5.74, 6) is 1.98. The molecule has 5 nitrogen and oxygen atoms in total. The van der Waals surface area contributed by atoms with E-state index in [1.54, 1.807) is 15.9 Å². The summed E-state index contributed by atoms with van der Waals surface area (Å²) in [6, 6.07) is 3.96. The van der Waals surface area contributed by atoms with Crippen LogP contribution in [-0.4, -0.2) is 38.7 Å². The van der Waals surface area contributed by atoms with E-state index in [4.69, 9.17) is 12.2 Å². The number of rotatable bonds is 3. The molecule has 0 aromatic carbocycles. The van der Waals surface area contributed by atoms with Gasteiger partial charge in [-0.15, -0.1) is 11.3 Å². The van der Waals surface area contributed by atoms with Crippen LogP contribution in [0.15, 0.2) is 17.5 Å². The molecule has 0 aliphatic carbocycles. The van der Waals surface area contributed by atoms with Gasteiger partial charge >= 0.3 is 0 Å². The summed E-state index contributed by atoms with van der Waals surface area (Å²) in [6.07, 6.45) is 1.19. The highest BCUT2D eigenvalue weighted by Crippen LogP contribution is 2.24. The number of nitrogens with one attached hydrogen (secondary N) is 1. The third-order valence-electron chi connectivity index (χ3n) is 4.01. The maximum atomic E-state index is 12.7. The molecule has 118 valence electrons. The first-order valence-electron chi connectivity index (χ1n) is 7.51. The molecule has 1 aliphatic heterocycles. The largest absolute Gasteiger partial charge is 0.341 e. The zero-order valence-corrected chi connectivity index (χ0v) is 14.4. The Hall–Kier alpha value is -1.47. The minimum absolute atomic E-state index is 0.119. The number of aromatic nitrogens is 3. The lowest BCUT2D eigenvalue weighted by Crippen LogP contribution is -2.44. The van der Waals surface area contributed by atoms with Crippen molar-refractivity contribution in [2.45, 2.75) is 26.8 Å². The number of carbonyl (C=O) groups is 1. The van der Waals surface area contributed by atoms with Crippen LogP contribution in [0.2, 0.25) is 0 Å². The number of piperidine rings is 1. The van der Waals surface area contributed by atoms with E-state index < -0.39 is 0 Å². The van der Waals surface area contributed by atoms with Gasteiger partial charge in [0, 0.05) is 13.1 Å². The van der Waals surface area contributed by atoms with Crippen molar-refractivity contribution in [1.29, 1.82) is 0 Å². The zero-order valence-electron chi connectivity index (χ0n) is 12.8. The lowest BCUT2D eigenvalue weighted by atomic mass is 9.92. The lowest BCUT2D eigenvalue weighted by Gasteiger charge is -2.35. The van der Waals surface area contributed by atoms with Crippen LogP contribution in [0.3, 0.4) is 0 Å². The number of carbonyl (C=O) groups excluding carboxylic acids is 1. The predicted molar refractivity (Wildman–Crippen MR) is 90.2 cm³/mol. The number of likely N-dealkylation sites (tertiary alicyclic amines) is 1. The number of thiophene rings is 1. The Morgan fingerprint density at radius 2 is 2.18 bits per heavy atom. The average Bonchev–Trinajstić information content (AvgIpc) is 3.08. The second kappa shape index (κ2) is 6.34. The highest BCUT2D eigenvalue weighted by atomic mass is 32.1. The summed E-state index contributed by atoms with van der Waals surface area (Å²) in [5, 5.41) is 9.07. The summed E-state index contributed by atoms with van der Waals surface area (Å²) in [5.41, 5.74) is 0. The van der Waals surface area contributed by atoms with Gasteiger partial charge in [0.15, 0.2) is 10.6 Å². The van der Waals surface area contributed by atoms with Crippen LogP contribution in [0, 0.1) is 16.6 Å². The molecule has 22 heavy (non-hydrogen) atoms. The lowest BCUT2D eigenvalue weighted by molar-refractivity contribution is -0.134. The number of hydrogen-bond donors (Lipinski definition) is 1. The van der Waals surface area contributed by atoms with Gasteiger partial charge in [-0.1, -0.05) is 19.9 Å². The van der Waals surface area contributed by atoms with Gasteiger partial charge < -0.3 is 4.90 Å². The van der Waals surface area contributed by atoms with Crippen LogP contribution < -0.4 is 0 Å². The van der Waals surface area contributed by atoms with Crippen molar-refractivity contribution in [3.63, 3.8) is 0 Å². The van der Waals surface area contributed by atoms with E-state index in [-0.39, 0.29) is 12.5 Å². The second-order valence-electron chi connectivity index (χ2n) is 6.16. The predicted octanol–water partition coefficient (Wildman–Crippen LogP) is 3.17. The Kier molecular flexibility index (Phi) is 4.44.